The van der Waals surface area contributed by atoms with Crippen LogP contribution in [0, 0.1) is 5.41 Å². The number of rotatable bonds is 2. The topological polar surface area (TPSA) is 59.4 Å². The second kappa shape index (κ2) is 5.36. The molecule has 15 heavy (non-hydrogen) atoms. The van der Waals surface area contributed by atoms with Crippen LogP contribution in [0.1, 0.15) is 12.5 Å². The molecule has 0 aromatic heterocycles. The predicted molar refractivity (Wildman–Crippen MR) is 56.4 cm³/mol. The van der Waals surface area contributed by atoms with Crippen molar-refractivity contribution < 1.29 is 14.3 Å². The first-order chi connectivity index (χ1) is 7.13. The Bertz CT molecular complexity index is 379. The van der Waals surface area contributed by atoms with Gasteiger partial charge in [0.2, 0.25) is 5.90 Å². The van der Waals surface area contributed by atoms with Crippen molar-refractivity contribution in [1.82, 2.24) is 0 Å². The van der Waals surface area contributed by atoms with Crippen LogP contribution < -0.4 is 0 Å². The van der Waals surface area contributed by atoms with E-state index in [-0.39, 0.29) is 12.5 Å². The summed E-state index contributed by atoms with van der Waals surface area (Å²) in [5.74, 6) is -0.282. The summed E-state index contributed by atoms with van der Waals surface area (Å²) < 4.78 is 9.12. The van der Waals surface area contributed by atoms with Gasteiger partial charge in [-0.15, -0.1) is 0 Å². The van der Waals surface area contributed by atoms with Crippen molar-refractivity contribution in [2.75, 3.05) is 6.61 Å². The first kappa shape index (κ1) is 11.5. The summed E-state index contributed by atoms with van der Waals surface area (Å²) in [4.78, 5) is 10.9. The van der Waals surface area contributed by atoms with Crippen LogP contribution in [-0.2, 0) is 9.47 Å². The zero-order valence-electron chi connectivity index (χ0n) is 8.12. The summed E-state index contributed by atoms with van der Waals surface area (Å²) in [6, 6.07) is 6.49. The summed E-state index contributed by atoms with van der Waals surface area (Å²) >= 11 is 5.72. The standard InChI is InChI=1S/C10H10ClNO3/c1-2-14-10(13)15-9(12)7-4-3-5-8(11)6-7/h3-6,12H,2H2,1H3. The Morgan fingerprint density at radius 3 is 2.87 bits per heavy atom. The average Bonchev–Trinajstić information content (AvgIpc) is 2.18. The fourth-order valence-corrected chi connectivity index (χ4v) is 1.11. The molecular formula is C10H10ClNO3. The number of carbonyl (C=O) groups excluding carboxylic acids is 1. The van der Waals surface area contributed by atoms with E-state index in [4.69, 9.17) is 17.0 Å². The molecule has 0 spiro atoms. The summed E-state index contributed by atoms with van der Waals surface area (Å²) in [6.07, 6.45) is -0.887. The minimum Gasteiger partial charge on any atom is -0.434 e. The van der Waals surface area contributed by atoms with E-state index in [1.54, 1.807) is 25.1 Å². The van der Waals surface area contributed by atoms with Crippen molar-refractivity contribution in [2.45, 2.75) is 6.92 Å². The Kier molecular flexibility index (Phi) is 4.12. The molecule has 0 radical (unpaired) electrons. The molecule has 1 aromatic carbocycles. The summed E-state index contributed by atoms with van der Waals surface area (Å²) in [6.45, 7) is 1.87. The number of hydrogen-bond acceptors (Lipinski definition) is 4. The SMILES string of the molecule is CCOC(=O)OC(=N)c1cccc(Cl)c1. The van der Waals surface area contributed by atoms with Crippen LogP contribution in [0.4, 0.5) is 4.79 Å². The molecule has 0 heterocycles. The van der Waals surface area contributed by atoms with E-state index in [1.807, 2.05) is 0 Å². The molecule has 5 heteroatoms. The van der Waals surface area contributed by atoms with Gasteiger partial charge in [-0.1, -0.05) is 17.7 Å². The monoisotopic (exact) mass is 227 g/mol. The van der Waals surface area contributed by atoms with Crippen LogP contribution in [0.2, 0.25) is 5.02 Å². The zero-order valence-corrected chi connectivity index (χ0v) is 8.88. The molecule has 80 valence electrons. The van der Waals surface area contributed by atoms with Crippen molar-refractivity contribution in [3.63, 3.8) is 0 Å². The Morgan fingerprint density at radius 2 is 2.27 bits per heavy atom. The minimum atomic E-state index is -0.887. The van der Waals surface area contributed by atoms with Crippen molar-refractivity contribution in [2.24, 2.45) is 0 Å². The van der Waals surface area contributed by atoms with Gasteiger partial charge in [-0.25, -0.2) is 4.79 Å². The Morgan fingerprint density at radius 1 is 1.53 bits per heavy atom. The fraction of sp³-hybridized carbons (Fsp3) is 0.200. The van der Waals surface area contributed by atoms with Crippen molar-refractivity contribution >= 4 is 23.7 Å². The lowest BCUT2D eigenvalue weighted by Crippen LogP contribution is -2.13. The molecule has 0 fully saturated rings. The van der Waals surface area contributed by atoms with Crippen molar-refractivity contribution in [3.05, 3.63) is 34.9 Å². The van der Waals surface area contributed by atoms with E-state index in [0.717, 1.165) is 0 Å². The second-order valence-corrected chi connectivity index (χ2v) is 3.06. The molecule has 0 saturated heterocycles. The highest BCUT2D eigenvalue weighted by atomic mass is 35.5. The molecule has 0 aliphatic rings. The van der Waals surface area contributed by atoms with E-state index >= 15 is 0 Å². The van der Waals surface area contributed by atoms with E-state index in [9.17, 15) is 4.79 Å². The van der Waals surface area contributed by atoms with Crippen LogP contribution in [0.15, 0.2) is 24.3 Å². The first-order valence-corrected chi connectivity index (χ1v) is 4.70. The van der Waals surface area contributed by atoms with Gasteiger partial charge in [0.1, 0.15) is 0 Å². The van der Waals surface area contributed by atoms with Crippen LogP contribution in [0.25, 0.3) is 0 Å². The van der Waals surface area contributed by atoms with Crippen molar-refractivity contribution in [3.8, 4) is 0 Å². The lowest BCUT2D eigenvalue weighted by atomic mass is 10.2. The Balaban J connectivity index is 2.65. The molecule has 4 nitrogen and oxygen atoms in total. The van der Waals surface area contributed by atoms with Gasteiger partial charge in [-0.3, -0.25) is 5.41 Å². The molecule has 0 atom stereocenters. The smallest absolute Gasteiger partial charge is 0.434 e. The van der Waals surface area contributed by atoms with Gasteiger partial charge in [-0.05, 0) is 25.1 Å². The van der Waals surface area contributed by atoms with Gasteiger partial charge in [0.25, 0.3) is 0 Å². The molecule has 0 saturated carbocycles. The lowest BCUT2D eigenvalue weighted by molar-refractivity contribution is 0.100. The highest BCUT2D eigenvalue weighted by molar-refractivity contribution is 6.30. The van der Waals surface area contributed by atoms with E-state index in [1.165, 1.54) is 6.07 Å². The first-order valence-electron chi connectivity index (χ1n) is 4.32. The quantitative estimate of drug-likeness (QED) is 0.480. The molecular weight excluding hydrogens is 218 g/mol. The number of halogens is 1. The summed E-state index contributed by atoms with van der Waals surface area (Å²) in [5.41, 5.74) is 0.426. The maximum Gasteiger partial charge on any atom is 0.515 e. The number of carbonyl (C=O) groups is 1. The molecule has 0 unspecified atom stereocenters. The maximum atomic E-state index is 10.9. The van der Waals surface area contributed by atoms with Gasteiger partial charge in [0, 0.05) is 10.6 Å². The molecule has 1 rings (SSSR count). The van der Waals surface area contributed by atoms with E-state index in [0.29, 0.717) is 10.6 Å². The summed E-state index contributed by atoms with van der Waals surface area (Å²) in [5, 5.41) is 7.93. The maximum absolute atomic E-state index is 10.9. The summed E-state index contributed by atoms with van der Waals surface area (Å²) in [7, 11) is 0. The molecule has 1 N–H and O–H groups in total. The minimum absolute atomic E-state index is 0.210. The number of nitrogens with one attached hydrogen (secondary N) is 1. The number of ether oxygens (including phenoxy) is 2. The van der Waals surface area contributed by atoms with E-state index in [2.05, 4.69) is 9.47 Å². The Hall–Kier alpha value is -1.55. The number of benzene rings is 1. The van der Waals surface area contributed by atoms with Gasteiger partial charge in [0.05, 0.1) is 6.61 Å². The van der Waals surface area contributed by atoms with Crippen LogP contribution >= 0.6 is 11.6 Å². The lowest BCUT2D eigenvalue weighted by Gasteiger charge is -2.05. The third-order valence-electron chi connectivity index (χ3n) is 1.53. The third kappa shape index (κ3) is 3.59. The Labute approximate surface area is 92.3 Å². The largest absolute Gasteiger partial charge is 0.515 e. The van der Waals surface area contributed by atoms with Crippen molar-refractivity contribution in [1.29, 1.82) is 5.41 Å². The van der Waals surface area contributed by atoms with Gasteiger partial charge >= 0.3 is 6.16 Å². The van der Waals surface area contributed by atoms with E-state index < -0.39 is 6.16 Å². The van der Waals surface area contributed by atoms with Gasteiger partial charge < -0.3 is 9.47 Å². The fourth-order valence-electron chi connectivity index (χ4n) is 0.919. The molecule has 0 bridgehead atoms. The molecule has 1 aromatic rings. The van der Waals surface area contributed by atoms with Crippen LogP contribution in [0.5, 0.6) is 0 Å². The van der Waals surface area contributed by atoms with Gasteiger partial charge in [0.15, 0.2) is 0 Å². The van der Waals surface area contributed by atoms with Crippen LogP contribution in [-0.4, -0.2) is 18.7 Å². The normalized spacial score (nSPS) is 9.47. The third-order valence-corrected chi connectivity index (χ3v) is 1.77. The van der Waals surface area contributed by atoms with Crippen LogP contribution in [0.3, 0.4) is 0 Å². The highest BCUT2D eigenvalue weighted by Gasteiger charge is 2.09. The highest BCUT2D eigenvalue weighted by Crippen LogP contribution is 2.11. The molecule has 0 amide bonds. The second-order valence-electron chi connectivity index (χ2n) is 2.62. The molecule has 0 aliphatic carbocycles. The molecule has 0 aliphatic heterocycles. The average molecular weight is 228 g/mol. The zero-order chi connectivity index (χ0) is 11.3. The van der Waals surface area contributed by atoms with Gasteiger partial charge in [-0.2, -0.15) is 0 Å². The number of hydrogen-bond donors (Lipinski definition) is 1. The predicted octanol–water partition coefficient (Wildman–Crippen LogP) is 2.84.